The van der Waals surface area contributed by atoms with Crippen LogP contribution in [0.2, 0.25) is 5.02 Å². The van der Waals surface area contributed by atoms with Gasteiger partial charge in [0.05, 0.1) is 6.54 Å². The number of rotatable bonds is 7. The molecule has 1 amide bonds. The highest BCUT2D eigenvalue weighted by Gasteiger charge is 2.10. The lowest BCUT2D eigenvalue weighted by Gasteiger charge is -2.18. The number of carbonyl (C=O) groups excluding carboxylic acids is 1. The summed E-state index contributed by atoms with van der Waals surface area (Å²) in [5.41, 5.74) is 2.38. The fourth-order valence-electron chi connectivity index (χ4n) is 2.42. The Balaban J connectivity index is 1.74. The number of amides is 1. The smallest absolute Gasteiger partial charge is 0.234 e. The standard InChI is InChI=1S/C19H23ClN2O/c1-15(17-6-4-3-5-7-17)12-21-19(23)14-22(2)13-16-8-10-18(20)11-9-16/h3-11,15H,12-14H2,1-2H3,(H,21,23)/t15-/m0/s1. The predicted octanol–water partition coefficient (Wildman–Crippen LogP) is 3.69. The first kappa shape index (κ1) is 17.5. The molecular formula is C19H23ClN2O. The molecule has 0 aliphatic rings. The molecule has 0 aromatic heterocycles. The molecule has 4 heteroatoms. The largest absolute Gasteiger partial charge is 0.354 e. The van der Waals surface area contributed by atoms with Crippen LogP contribution in [-0.2, 0) is 11.3 Å². The van der Waals surface area contributed by atoms with Gasteiger partial charge in [-0.2, -0.15) is 0 Å². The van der Waals surface area contributed by atoms with E-state index in [2.05, 4.69) is 24.4 Å². The van der Waals surface area contributed by atoms with Gasteiger partial charge in [0.25, 0.3) is 0 Å². The summed E-state index contributed by atoms with van der Waals surface area (Å²) in [7, 11) is 1.94. The molecule has 0 aliphatic heterocycles. The van der Waals surface area contributed by atoms with Gasteiger partial charge >= 0.3 is 0 Å². The average Bonchev–Trinajstić information content (AvgIpc) is 2.55. The minimum absolute atomic E-state index is 0.0456. The molecule has 0 saturated heterocycles. The van der Waals surface area contributed by atoms with E-state index in [9.17, 15) is 4.79 Å². The summed E-state index contributed by atoms with van der Waals surface area (Å²) in [6, 6.07) is 17.9. The number of nitrogens with zero attached hydrogens (tertiary/aromatic N) is 1. The Morgan fingerprint density at radius 1 is 1.13 bits per heavy atom. The molecule has 2 rings (SSSR count). The Bertz CT molecular complexity index is 613. The zero-order valence-electron chi connectivity index (χ0n) is 13.6. The molecule has 0 aliphatic carbocycles. The highest BCUT2D eigenvalue weighted by atomic mass is 35.5. The normalized spacial score (nSPS) is 12.2. The summed E-state index contributed by atoms with van der Waals surface area (Å²) in [5.74, 6) is 0.353. The second kappa shape index (κ2) is 8.70. The maximum absolute atomic E-state index is 12.1. The van der Waals surface area contributed by atoms with Crippen LogP contribution >= 0.6 is 11.6 Å². The minimum atomic E-state index is 0.0456. The van der Waals surface area contributed by atoms with Gasteiger partial charge in [0.1, 0.15) is 0 Å². The fourth-order valence-corrected chi connectivity index (χ4v) is 2.55. The van der Waals surface area contributed by atoms with Crippen molar-refractivity contribution in [2.75, 3.05) is 20.1 Å². The summed E-state index contributed by atoms with van der Waals surface area (Å²) in [6.07, 6.45) is 0. The van der Waals surface area contributed by atoms with Gasteiger partial charge in [-0.05, 0) is 36.2 Å². The van der Waals surface area contributed by atoms with Gasteiger partial charge in [-0.1, -0.05) is 61.0 Å². The number of halogens is 1. The van der Waals surface area contributed by atoms with E-state index in [0.717, 1.165) is 17.1 Å². The molecule has 0 heterocycles. The Morgan fingerprint density at radius 3 is 2.43 bits per heavy atom. The number of likely N-dealkylation sites (N-methyl/N-ethyl adjacent to an activating group) is 1. The molecule has 0 radical (unpaired) electrons. The first-order chi connectivity index (χ1) is 11.0. The summed E-state index contributed by atoms with van der Waals surface area (Å²) in [6.45, 7) is 3.87. The van der Waals surface area contributed by atoms with Crippen LogP contribution in [-0.4, -0.2) is 30.9 Å². The van der Waals surface area contributed by atoms with Crippen molar-refractivity contribution in [2.24, 2.45) is 0 Å². The molecule has 2 aromatic rings. The topological polar surface area (TPSA) is 32.3 Å². The first-order valence-corrected chi connectivity index (χ1v) is 8.17. The van der Waals surface area contributed by atoms with Crippen LogP contribution in [0, 0.1) is 0 Å². The predicted molar refractivity (Wildman–Crippen MR) is 95.7 cm³/mol. The van der Waals surface area contributed by atoms with Gasteiger partial charge in [0, 0.05) is 18.1 Å². The van der Waals surface area contributed by atoms with Crippen molar-refractivity contribution in [1.29, 1.82) is 0 Å². The molecule has 23 heavy (non-hydrogen) atoms. The monoisotopic (exact) mass is 330 g/mol. The van der Waals surface area contributed by atoms with Gasteiger partial charge in [-0.15, -0.1) is 0 Å². The van der Waals surface area contributed by atoms with E-state index in [1.54, 1.807) is 0 Å². The third kappa shape index (κ3) is 6.05. The van der Waals surface area contributed by atoms with Crippen LogP contribution in [0.25, 0.3) is 0 Å². The van der Waals surface area contributed by atoms with Gasteiger partial charge in [0.2, 0.25) is 5.91 Å². The lowest BCUT2D eigenvalue weighted by Crippen LogP contribution is -2.36. The maximum Gasteiger partial charge on any atom is 0.234 e. The van der Waals surface area contributed by atoms with E-state index in [-0.39, 0.29) is 5.91 Å². The zero-order chi connectivity index (χ0) is 16.7. The van der Waals surface area contributed by atoms with Crippen molar-refractivity contribution in [3.05, 3.63) is 70.7 Å². The SMILES string of the molecule is C[C@@H](CNC(=O)CN(C)Cc1ccc(Cl)cc1)c1ccccc1. The van der Waals surface area contributed by atoms with E-state index < -0.39 is 0 Å². The Hall–Kier alpha value is -1.84. The van der Waals surface area contributed by atoms with Crippen molar-refractivity contribution >= 4 is 17.5 Å². The van der Waals surface area contributed by atoms with Gasteiger partial charge in [0.15, 0.2) is 0 Å². The second-order valence-electron chi connectivity index (χ2n) is 5.91. The van der Waals surface area contributed by atoms with Crippen molar-refractivity contribution in [1.82, 2.24) is 10.2 Å². The number of benzene rings is 2. The van der Waals surface area contributed by atoms with Crippen LogP contribution in [0.3, 0.4) is 0 Å². The second-order valence-corrected chi connectivity index (χ2v) is 6.35. The number of nitrogens with one attached hydrogen (secondary N) is 1. The minimum Gasteiger partial charge on any atom is -0.354 e. The fraction of sp³-hybridized carbons (Fsp3) is 0.316. The van der Waals surface area contributed by atoms with Gasteiger partial charge < -0.3 is 5.32 Å². The third-order valence-corrected chi connectivity index (χ3v) is 4.01. The van der Waals surface area contributed by atoms with Gasteiger partial charge in [-0.3, -0.25) is 9.69 Å². The third-order valence-electron chi connectivity index (χ3n) is 3.75. The highest BCUT2D eigenvalue weighted by molar-refractivity contribution is 6.30. The van der Waals surface area contributed by atoms with Crippen molar-refractivity contribution in [2.45, 2.75) is 19.4 Å². The summed E-state index contributed by atoms with van der Waals surface area (Å²) >= 11 is 5.88. The zero-order valence-corrected chi connectivity index (χ0v) is 14.4. The van der Waals surface area contributed by atoms with Crippen molar-refractivity contribution in [3.8, 4) is 0 Å². The Kier molecular flexibility index (Phi) is 6.63. The molecule has 0 bridgehead atoms. The number of hydrogen-bond donors (Lipinski definition) is 1. The van der Waals surface area contributed by atoms with E-state index in [1.807, 2.05) is 54.4 Å². The highest BCUT2D eigenvalue weighted by Crippen LogP contribution is 2.13. The molecule has 0 unspecified atom stereocenters. The van der Waals surface area contributed by atoms with Crippen LogP contribution in [0.4, 0.5) is 0 Å². The quantitative estimate of drug-likeness (QED) is 0.839. The van der Waals surface area contributed by atoms with E-state index >= 15 is 0 Å². The molecule has 1 atom stereocenters. The molecule has 0 fully saturated rings. The Labute approximate surface area is 143 Å². The summed E-state index contributed by atoms with van der Waals surface area (Å²) in [4.78, 5) is 14.1. The van der Waals surface area contributed by atoms with Crippen LogP contribution in [0.1, 0.15) is 24.0 Å². The number of carbonyl (C=O) groups is 1. The van der Waals surface area contributed by atoms with Crippen molar-refractivity contribution in [3.63, 3.8) is 0 Å². The number of hydrogen-bond acceptors (Lipinski definition) is 2. The molecule has 0 spiro atoms. The molecule has 2 aromatic carbocycles. The van der Waals surface area contributed by atoms with Gasteiger partial charge in [-0.25, -0.2) is 0 Å². The first-order valence-electron chi connectivity index (χ1n) is 7.79. The molecule has 1 N–H and O–H groups in total. The summed E-state index contributed by atoms with van der Waals surface area (Å²) in [5, 5.41) is 3.73. The molecule has 3 nitrogen and oxygen atoms in total. The van der Waals surface area contributed by atoms with Crippen LogP contribution in [0.15, 0.2) is 54.6 Å². The molecule has 0 saturated carbocycles. The maximum atomic E-state index is 12.1. The van der Waals surface area contributed by atoms with Crippen molar-refractivity contribution < 1.29 is 4.79 Å². The summed E-state index contributed by atoms with van der Waals surface area (Å²) < 4.78 is 0. The molecular weight excluding hydrogens is 308 g/mol. The Morgan fingerprint density at radius 2 is 1.78 bits per heavy atom. The van der Waals surface area contributed by atoms with E-state index in [1.165, 1.54) is 5.56 Å². The van der Waals surface area contributed by atoms with E-state index in [4.69, 9.17) is 11.6 Å². The van der Waals surface area contributed by atoms with E-state index in [0.29, 0.717) is 19.0 Å². The lowest BCUT2D eigenvalue weighted by molar-refractivity contribution is -0.122. The molecule has 122 valence electrons. The van der Waals surface area contributed by atoms with Crippen LogP contribution in [0.5, 0.6) is 0 Å². The van der Waals surface area contributed by atoms with Crippen LogP contribution < -0.4 is 5.32 Å². The lowest BCUT2D eigenvalue weighted by atomic mass is 10.0. The average molecular weight is 331 g/mol.